The highest BCUT2D eigenvalue weighted by atomic mass is 35.5. The summed E-state index contributed by atoms with van der Waals surface area (Å²) in [6, 6.07) is 6.68. The number of fused-ring (bicyclic) bond motifs is 1. The van der Waals surface area contributed by atoms with Gasteiger partial charge in [-0.05, 0) is 34.5 Å². The van der Waals surface area contributed by atoms with Crippen molar-refractivity contribution in [1.29, 1.82) is 0 Å². The molecule has 2 aliphatic heterocycles. The van der Waals surface area contributed by atoms with Crippen LogP contribution in [0.1, 0.15) is 33.0 Å². The Labute approximate surface area is 229 Å². The molecule has 0 bridgehead atoms. The summed E-state index contributed by atoms with van der Waals surface area (Å²) in [6.45, 7) is -0.257. The number of alkyl halides is 2. The van der Waals surface area contributed by atoms with Crippen LogP contribution in [0.4, 0.5) is 8.78 Å². The fraction of sp³-hybridized carbons (Fsp3) is 0.273. The maximum Gasteiger partial charge on any atom is 0.348 e. The number of halogens is 3. The Morgan fingerprint density at radius 1 is 1.11 bits per heavy atom. The maximum atomic E-state index is 14.8. The predicted octanol–water partition coefficient (Wildman–Crippen LogP) is 0.0984. The molecule has 1 fully saturated rings. The fourth-order valence-corrected chi connectivity index (χ4v) is 4.44. The van der Waals surface area contributed by atoms with Crippen LogP contribution in [0.25, 0.3) is 0 Å². The highest BCUT2D eigenvalue weighted by molar-refractivity contribution is 6.63. The van der Waals surface area contributed by atoms with E-state index < -0.39 is 57.5 Å². The van der Waals surface area contributed by atoms with Gasteiger partial charge >= 0.3 is 5.92 Å². The van der Waals surface area contributed by atoms with Crippen LogP contribution in [0, 0.1) is 0 Å². The number of nitrogens with zero attached hydrogens (tertiary/aromatic N) is 2. The molecule has 1 N–H and O–H groups in total. The third-order valence-electron chi connectivity index (χ3n) is 6.65. The summed E-state index contributed by atoms with van der Waals surface area (Å²) in [7, 11) is 35.2. The Kier molecular flexibility index (Phi) is 6.92. The van der Waals surface area contributed by atoms with Crippen molar-refractivity contribution in [2.24, 2.45) is 0 Å². The first-order valence-corrected chi connectivity index (χ1v) is 11.3. The molecule has 2 atom stereocenters. The normalized spacial score (nSPS) is 21.0. The second-order valence-corrected chi connectivity index (χ2v) is 9.55. The van der Waals surface area contributed by atoms with E-state index in [2.05, 4.69) is 0 Å². The standard InChI is InChI=1S/C22H12B6ClF2N3O4/c23-15(34(28)19(38)20(30,31)11-2-4-12(29)5-3-11)9-1-6-13-10(7-9)8-33(17(13)36)14-16(35)32-18(37)22(26,27)21(14,24)25/h1-7,14-15H,8H2,(H,32,35,37). The number of rotatable bonds is 5. The van der Waals surface area contributed by atoms with Crippen molar-refractivity contribution in [3.8, 4) is 0 Å². The molecule has 0 aromatic heterocycles. The molecule has 2 heterocycles. The summed E-state index contributed by atoms with van der Waals surface area (Å²) in [6.07, 6.45) is 0. The van der Waals surface area contributed by atoms with Gasteiger partial charge in [-0.15, -0.1) is 0 Å². The summed E-state index contributed by atoms with van der Waals surface area (Å²) < 4.78 is 29.6. The first-order valence-electron chi connectivity index (χ1n) is 10.9. The quantitative estimate of drug-likeness (QED) is 0.448. The van der Waals surface area contributed by atoms with Gasteiger partial charge in [0.15, 0.2) is 0 Å². The van der Waals surface area contributed by atoms with E-state index in [1.807, 2.05) is 5.32 Å². The highest BCUT2D eigenvalue weighted by Gasteiger charge is 2.56. The Hall–Kier alpha value is -2.94. The van der Waals surface area contributed by atoms with Gasteiger partial charge in [-0.3, -0.25) is 24.5 Å². The number of amides is 4. The van der Waals surface area contributed by atoms with Crippen molar-refractivity contribution in [1.82, 2.24) is 15.0 Å². The average molecular weight is 521 g/mol. The Bertz CT molecular complexity index is 1360. The second-order valence-electron chi connectivity index (χ2n) is 9.11. The van der Waals surface area contributed by atoms with Crippen LogP contribution < -0.4 is 5.32 Å². The fourth-order valence-electron chi connectivity index (χ4n) is 4.31. The molecule has 12 radical (unpaired) electrons. The van der Waals surface area contributed by atoms with Crippen LogP contribution in [0.5, 0.6) is 0 Å². The zero-order chi connectivity index (χ0) is 28.4. The molecule has 4 amide bonds. The van der Waals surface area contributed by atoms with Gasteiger partial charge in [-0.2, -0.15) is 8.78 Å². The van der Waals surface area contributed by atoms with Crippen molar-refractivity contribution in [3.63, 3.8) is 0 Å². The first-order chi connectivity index (χ1) is 17.5. The number of carbonyl (C=O) groups excluding carboxylic acids is 4. The number of hydrogen-bond donors (Lipinski definition) is 1. The molecular formula is C22H12B6ClF2N3O4. The van der Waals surface area contributed by atoms with Crippen molar-refractivity contribution in [2.45, 2.75) is 34.9 Å². The van der Waals surface area contributed by atoms with E-state index in [9.17, 15) is 28.0 Å². The van der Waals surface area contributed by atoms with Gasteiger partial charge < -0.3 is 9.71 Å². The van der Waals surface area contributed by atoms with E-state index in [1.54, 1.807) is 0 Å². The molecule has 2 aliphatic rings. The third kappa shape index (κ3) is 4.28. The number of benzene rings is 2. The number of imide groups is 1. The average Bonchev–Trinajstić information content (AvgIpc) is 3.16. The van der Waals surface area contributed by atoms with Gasteiger partial charge in [0, 0.05) is 28.6 Å². The highest BCUT2D eigenvalue weighted by Crippen LogP contribution is 2.50. The minimum absolute atomic E-state index is 0.0995. The lowest BCUT2D eigenvalue weighted by Gasteiger charge is -2.53. The lowest BCUT2D eigenvalue weighted by atomic mass is 9.26. The molecule has 2 aromatic rings. The van der Waals surface area contributed by atoms with Crippen molar-refractivity contribution in [3.05, 3.63) is 69.7 Å². The van der Waals surface area contributed by atoms with Gasteiger partial charge in [-0.1, -0.05) is 41.1 Å². The van der Waals surface area contributed by atoms with Gasteiger partial charge in [0.1, 0.15) is 13.9 Å². The molecule has 7 nitrogen and oxygen atoms in total. The molecule has 38 heavy (non-hydrogen) atoms. The first kappa shape index (κ1) is 28.1. The minimum atomic E-state index is -4.02. The van der Waals surface area contributed by atoms with Crippen LogP contribution in [-0.2, 0) is 26.9 Å². The topological polar surface area (TPSA) is 86.8 Å². The molecule has 0 spiro atoms. The molecule has 0 aliphatic carbocycles. The summed E-state index contributed by atoms with van der Waals surface area (Å²) in [4.78, 5) is 51.5. The SMILES string of the molecule is [B]C(c1ccc2c(c1)CN(C1C(=O)NC(=O)C([B])([B])C1([B])[B])C2=O)N([B])C(=O)C(F)(F)c1ccc(Cl)cc1. The van der Waals surface area contributed by atoms with Crippen LogP contribution in [0.2, 0.25) is 15.5 Å². The Morgan fingerprint density at radius 3 is 2.32 bits per heavy atom. The molecule has 4 rings (SSSR count). The largest absolute Gasteiger partial charge is 0.393 e. The lowest BCUT2D eigenvalue weighted by Crippen LogP contribution is -2.66. The summed E-state index contributed by atoms with van der Waals surface area (Å²) in [5.74, 6) is -10.2. The lowest BCUT2D eigenvalue weighted by molar-refractivity contribution is -0.154. The van der Waals surface area contributed by atoms with E-state index in [1.165, 1.54) is 30.3 Å². The molecular weight excluding hydrogens is 509 g/mol. The van der Waals surface area contributed by atoms with Gasteiger partial charge in [-0.25, -0.2) is 0 Å². The Morgan fingerprint density at radius 2 is 1.71 bits per heavy atom. The minimum Gasteiger partial charge on any atom is -0.393 e. The number of nitrogens with one attached hydrogen (secondary N) is 1. The van der Waals surface area contributed by atoms with Crippen LogP contribution in [0.15, 0.2) is 42.5 Å². The molecule has 16 heteroatoms. The summed E-state index contributed by atoms with van der Waals surface area (Å²) in [5.41, 5.74) is -0.156. The van der Waals surface area contributed by atoms with Crippen LogP contribution in [0.3, 0.4) is 0 Å². The summed E-state index contributed by atoms with van der Waals surface area (Å²) >= 11 is 5.72. The van der Waals surface area contributed by atoms with Gasteiger partial charge in [0.25, 0.3) is 11.8 Å². The van der Waals surface area contributed by atoms with Crippen molar-refractivity contribution >= 4 is 82.4 Å². The van der Waals surface area contributed by atoms with Gasteiger partial charge in [0.2, 0.25) is 19.8 Å². The number of carbonyl (C=O) groups is 4. The smallest absolute Gasteiger partial charge is 0.348 e. The van der Waals surface area contributed by atoms with E-state index in [4.69, 9.17) is 58.8 Å². The molecule has 0 saturated carbocycles. The molecule has 2 aromatic carbocycles. The van der Waals surface area contributed by atoms with E-state index in [0.717, 1.165) is 17.0 Å². The van der Waals surface area contributed by atoms with E-state index in [-0.39, 0.29) is 33.1 Å². The van der Waals surface area contributed by atoms with Crippen LogP contribution >= 0.6 is 11.6 Å². The molecule has 1 saturated heterocycles. The monoisotopic (exact) mass is 521 g/mol. The van der Waals surface area contributed by atoms with E-state index in [0.29, 0.717) is 0 Å². The predicted molar refractivity (Wildman–Crippen MR) is 138 cm³/mol. The zero-order valence-electron chi connectivity index (χ0n) is 19.5. The second kappa shape index (κ2) is 9.36. The maximum absolute atomic E-state index is 14.8. The van der Waals surface area contributed by atoms with Crippen molar-refractivity contribution < 1.29 is 28.0 Å². The molecule has 178 valence electrons. The number of piperidine rings is 1. The Balaban J connectivity index is 1.59. The van der Waals surface area contributed by atoms with E-state index >= 15 is 0 Å². The summed E-state index contributed by atoms with van der Waals surface area (Å²) in [5, 5.41) is -2.61. The zero-order valence-corrected chi connectivity index (χ0v) is 20.3. The van der Waals surface area contributed by atoms with Gasteiger partial charge in [0.05, 0.1) is 31.4 Å². The number of hydrogen-bond acceptors (Lipinski definition) is 4. The van der Waals surface area contributed by atoms with Crippen molar-refractivity contribution in [2.75, 3.05) is 0 Å². The third-order valence-corrected chi connectivity index (χ3v) is 6.91. The van der Waals surface area contributed by atoms with Crippen LogP contribution in [-0.4, -0.2) is 86.6 Å². The molecule has 2 unspecified atom stereocenters.